The number of ether oxygens (including phenoxy) is 2. The number of benzene rings is 1. The van der Waals surface area contributed by atoms with Crippen molar-refractivity contribution in [2.45, 2.75) is 13.0 Å². The van der Waals surface area contributed by atoms with Gasteiger partial charge in [0.25, 0.3) is 11.7 Å². The topological polar surface area (TPSA) is 92.2 Å². The summed E-state index contributed by atoms with van der Waals surface area (Å²) in [6, 6.07) is 9.75. The second-order valence-electron chi connectivity index (χ2n) is 7.69. The van der Waals surface area contributed by atoms with Crippen LogP contribution < -0.4 is 4.74 Å². The second kappa shape index (κ2) is 9.93. The monoisotopic (exact) mass is 437 g/mol. The molecular weight excluding hydrogens is 410 g/mol. The molecule has 32 heavy (non-hydrogen) atoms. The minimum Gasteiger partial charge on any atom is -0.507 e. The normalized spacial score (nSPS) is 21.2. The lowest BCUT2D eigenvalue weighted by molar-refractivity contribution is -0.140. The molecule has 168 valence electrons. The minimum absolute atomic E-state index is 0.0682. The van der Waals surface area contributed by atoms with Crippen molar-refractivity contribution in [2.24, 2.45) is 0 Å². The quantitative estimate of drug-likeness (QED) is 0.403. The van der Waals surface area contributed by atoms with Gasteiger partial charge in [-0.25, -0.2) is 0 Å². The predicted octanol–water partition coefficient (Wildman–Crippen LogP) is 2.23. The fourth-order valence-corrected chi connectivity index (χ4v) is 4.12. The first-order valence-corrected chi connectivity index (χ1v) is 10.8. The lowest BCUT2D eigenvalue weighted by Gasteiger charge is -2.30. The Morgan fingerprint density at radius 3 is 2.72 bits per heavy atom. The maximum absolute atomic E-state index is 13.1. The van der Waals surface area contributed by atoms with Crippen LogP contribution in [-0.4, -0.2) is 77.6 Å². The van der Waals surface area contributed by atoms with Crippen molar-refractivity contribution in [1.29, 1.82) is 0 Å². The third-order valence-corrected chi connectivity index (χ3v) is 5.72. The molecule has 8 heteroatoms. The van der Waals surface area contributed by atoms with Gasteiger partial charge in [0.1, 0.15) is 11.5 Å². The number of aromatic nitrogens is 1. The molecule has 2 aliphatic heterocycles. The van der Waals surface area contributed by atoms with Crippen molar-refractivity contribution in [2.75, 3.05) is 46.0 Å². The number of carbonyl (C=O) groups excluding carboxylic acids is 2. The second-order valence-corrected chi connectivity index (χ2v) is 7.69. The number of pyridine rings is 1. The van der Waals surface area contributed by atoms with Gasteiger partial charge in [0.2, 0.25) is 0 Å². The van der Waals surface area contributed by atoms with Gasteiger partial charge in [-0.2, -0.15) is 0 Å². The van der Waals surface area contributed by atoms with Crippen LogP contribution in [0.2, 0.25) is 0 Å². The summed E-state index contributed by atoms with van der Waals surface area (Å²) in [5.41, 5.74) is 1.17. The molecule has 8 nitrogen and oxygen atoms in total. The largest absolute Gasteiger partial charge is 0.507 e. The van der Waals surface area contributed by atoms with Crippen LogP contribution in [0.4, 0.5) is 0 Å². The number of morpholine rings is 1. The maximum atomic E-state index is 13.1. The molecule has 0 spiro atoms. The Bertz CT molecular complexity index is 1000. The molecule has 1 unspecified atom stereocenters. The average molecular weight is 437 g/mol. The van der Waals surface area contributed by atoms with Gasteiger partial charge in [0.15, 0.2) is 0 Å². The van der Waals surface area contributed by atoms with Gasteiger partial charge in [-0.3, -0.25) is 19.5 Å². The van der Waals surface area contributed by atoms with E-state index in [0.717, 1.165) is 13.1 Å². The van der Waals surface area contributed by atoms with E-state index in [1.54, 1.807) is 42.7 Å². The standard InChI is InChI=1S/C24H27N3O5/c1-2-32-19-7-3-5-17(15-19)22(28)20-21(18-6-4-8-25-16-18)27(24(30)23(20)29)10-9-26-11-13-31-14-12-26/h3-8,15-16,21,28H,2,9-14H2,1H3. The average Bonchev–Trinajstić information content (AvgIpc) is 3.09. The van der Waals surface area contributed by atoms with Crippen molar-refractivity contribution in [3.8, 4) is 5.75 Å². The summed E-state index contributed by atoms with van der Waals surface area (Å²) in [6.45, 7) is 6.20. The minimum atomic E-state index is -0.708. The smallest absolute Gasteiger partial charge is 0.295 e. The fraction of sp³-hybridized carbons (Fsp3) is 0.375. The molecule has 0 aliphatic carbocycles. The highest BCUT2D eigenvalue weighted by Gasteiger charge is 2.46. The molecule has 0 saturated carbocycles. The SMILES string of the molecule is CCOc1cccc(C(O)=C2C(=O)C(=O)N(CCN3CCOCC3)C2c2cccnc2)c1. The summed E-state index contributed by atoms with van der Waals surface area (Å²) < 4.78 is 10.9. The number of rotatable bonds is 7. The Kier molecular flexibility index (Phi) is 6.82. The molecule has 1 aromatic heterocycles. The van der Waals surface area contributed by atoms with E-state index >= 15 is 0 Å². The number of likely N-dealkylation sites (tertiary alicyclic amines) is 1. The number of aliphatic hydroxyl groups excluding tert-OH is 1. The first kappa shape index (κ1) is 22.0. The molecule has 1 aromatic carbocycles. The van der Waals surface area contributed by atoms with E-state index in [9.17, 15) is 14.7 Å². The van der Waals surface area contributed by atoms with Crippen LogP contribution in [0.25, 0.3) is 5.76 Å². The van der Waals surface area contributed by atoms with Crippen LogP contribution in [-0.2, 0) is 14.3 Å². The highest BCUT2D eigenvalue weighted by molar-refractivity contribution is 6.46. The number of aliphatic hydroxyl groups is 1. The van der Waals surface area contributed by atoms with Gasteiger partial charge in [0, 0.05) is 44.1 Å². The highest BCUT2D eigenvalue weighted by Crippen LogP contribution is 2.39. The highest BCUT2D eigenvalue weighted by atomic mass is 16.5. The molecule has 0 radical (unpaired) electrons. The van der Waals surface area contributed by atoms with Gasteiger partial charge in [-0.1, -0.05) is 18.2 Å². The zero-order valence-electron chi connectivity index (χ0n) is 18.1. The Morgan fingerprint density at radius 2 is 2.00 bits per heavy atom. The Morgan fingerprint density at radius 1 is 1.19 bits per heavy atom. The van der Waals surface area contributed by atoms with Crippen LogP contribution >= 0.6 is 0 Å². The molecule has 1 amide bonds. The summed E-state index contributed by atoms with van der Waals surface area (Å²) in [7, 11) is 0. The molecule has 0 bridgehead atoms. The fourth-order valence-electron chi connectivity index (χ4n) is 4.12. The number of carbonyl (C=O) groups is 2. The van der Waals surface area contributed by atoms with Crippen molar-refractivity contribution in [3.63, 3.8) is 0 Å². The van der Waals surface area contributed by atoms with Gasteiger partial charge in [-0.05, 0) is 30.7 Å². The first-order valence-electron chi connectivity index (χ1n) is 10.8. The van der Waals surface area contributed by atoms with Gasteiger partial charge in [0.05, 0.1) is 31.4 Å². The lowest BCUT2D eigenvalue weighted by atomic mass is 9.96. The number of Topliss-reactive ketones (excluding diaryl/α,β-unsaturated/α-hetero) is 1. The zero-order valence-corrected chi connectivity index (χ0v) is 18.1. The lowest BCUT2D eigenvalue weighted by Crippen LogP contribution is -2.42. The van der Waals surface area contributed by atoms with Crippen molar-refractivity contribution in [1.82, 2.24) is 14.8 Å². The Labute approximate surface area is 187 Å². The predicted molar refractivity (Wildman–Crippen MR) is 118 cm³/mol. The zero-order chi connectivity index (χ0) is 22.5. The number of ketones is 1. The van der Waals surface area contributed by atoms with E-state index in [1.807, 2.05) is 13.0 Å². The van der Waals surface area contributed by atoms with Gasteiger partial charge in [-0.15, -0.1) is 0 Å². The molecule has 3 heterocycles. The van der Waals surface area contributed by atoms with Crippen molar-refractivity contribution in [3.05, 3.63) is 65.5 Å². The van der Waals surface area contributed by atoms with Crippen LogP contribution in [0.5, 0.6) is 5.75 Å². The molecule has 2 aromatic rings. The number of hydrogen-bond acceptors (Lipinski definition) is 7. The summed E-state index contributed by atoms with van der Waals surface area (Å²) in [5, 5.41) is 11.1. The first-order chi connectivity index (χ1) is 15.6. The summed E-state index contributed by atoms with van der Waals surface area (Å²) >= 11 is 0. The van der Waals surface area contributed by atoms with Crippen LogP contribution in [0.1, 0.15) is 24.1 Å². The summed E-state index contributed by atoms with van der Waals surface area (Å²) in [4.78, 5) is 34.0. The van der Waals surface area contributed by atoms with E-state index in [2.05, 4.69) is 9.88 Å². The molecule has 1 atom stereocenters. The Balaban J connectivity index is 1.71. The molecule has 4 rings (SSSR count). The molecule has 2 saturated heterocycles. The van der Waals surface area contributed by atoms with Gasteiger partial charge >= 0.3 is 0 Å². The van der Waals surface area contributed by atoms with E-state index in [0.29, 0.717) is 49.8 Å². The molecular formula is C24H27N3O5. The van der Waals surface area contributed by atoms with Crippen LogP contribution in [0.15, 0.2) is 54.4 Å². The maximum Gasteiger partial charge on any atom is 0.295 e. The summed E-state index contributed by atoms with van der Waals surface area (Å²) in [5.74, 6) is -0.946. The molecule has 1 N–H and O–H groups in total. The third-order valence-electron chi connectivity index (χ3n) is 5.72. The van der Waals surface area contributed by atoms with Crippen molar-refractivity contribution >= 4 is 17.4 Å². The van der Waals surface area contributed by atoms with Crippen molar-refractivity contribution < 1.29 is 24.2 Å². The van der Waals surface area contributed by atoms with E-state index in [-0.39, 0.29) is 11.3 Å². The van der Waals surface area contributed by atoms with E-state index in [4.69, 9.17) is 9.47 Å². The molecule has 2 fully saturated rings. The molecule has 2 aliphatic rings. The summed E-state index contributed by atoms with van der Waals surface area (Å²) in [6.07, 6.45) is 3.26. The van der Waals surface area contributed by atoms with Crippen LogP contribution in [0, 0.1) is 0 Å². The third kappa shape index (κ3) is 4.51. The van der Waals surface area contributed by atoms with E-state index in [1.165, 1.54) is 4.90 Å². The number of nitrogens with zero attached hydrogens (tertiary/aromatic N) is 3. The van der Waals surface area contributed by atoms with Crippen LogP contribution in [0.3, 0.4) is 0 Å². The van der Waals surface area contributed by atoms with E-state index < -0.39 is 17.7 Å². The number of hydrogen-bond donors (Lipinski definition) is 1. The number of amides is 1. The van der Waals surface area contributed by atoms with Gasteiger partial charge < -0.3 is 19.5 Å². The Hall–Kier alpha value is -3.23.